The molecule has 0 unspecified atom stereocenters. The summed E-state index contributed by atoms with van der Waals surface area (Å²) in [6.45, 7) is 1.38. The quantitative estimate of drug-likeness (QED) is 0.636. The fourth-order valence-corrected chi connectivity index (χ4v) is 2.12. The molecule has 2 aromatic carbocycles. The zero-order valence-electron chi connectivity index (χ0n) is 13.8. The molecule has 0 aromatic heterocycles. The minimum Gasteiger partial charge on any atom is -0.497 e. The SMILES string of the molecule is CN=C(NCc1ccc(OC)cc1)NCc1cccc(OC)c1. The van der Waals surface area contributed by atoms with Crippen molar-refractivity contribution in [1.82, 2.24) is 10.6 Å². The van der Waals surface area contributed by atoms with E-state index in [0.29, 0.717) is 13.1 Å². The molecule has 0 aliphatic heterocycles. The molecule has 0 spiro atoms. The summed E-state index contributed by atoms with van der Waals surface area (Å²) >= 11 is 0. The molecule has 5 heteroatoms. The molecular formula is C18H23N3O2. The third-order valence-corrected chi connectivity index (χ3v) is 3.44. The molecule has 0 saturated carbocycles. The molecule has 0 amide bonds. The maximum atomic E-state index is 5.23. The van der Waals surface area contributed by atoms with Crippen molar-refractivity contribution in [2.45, 2.75) is 13.1 Å². The van der Waals surface area contributed by atoms with Crippen LogP contribution in [0.15, 0.2) is 53.5 Å². The number of rotatable bonds is 6. The minimum absolute atomic E-state index is 0.680. The Morgan fingerprint density at radius 2 is 1.52 bits per heavy atom. The van der Waals surface area contributed by atoms with Crippen molar-refractivity contribution in [2.75, 3.05) is 21.3 Å². The molecule has 2 N–H and O–H groups in total. The van der Waals surface area contributed by atoms with E-state index in [4.69, 9.17) is 9.47 Å². The summed E-state index contributed by atoms with van der Waals surface area (Å²) in [6, 6.07) is 15.9. The number of hydrogen-bond donors (Lipinski definition) is 2. The Kier molecular flexibility index (Phi) is 6.29. The summed E-state index contributed by atoms with van der Waals surface area (Å²) in [5.41, 5.74) is 2.30. The summed E-state index contributed by atoms with van der Waals surface area (Å²) in [6.07, 6.45) is 0. The molecule has 0 radical (unpaired) electrons. The van der Waals surface area contributed by atoms with E-state index < -0.39 is 0 Å². The fraction of sp³-hybridized carbons (Fsp3) is 0.278. The van der Waals surface area contributed by atoms with E-state index in [1.165, 1.54) is 0 Å². The number of guanidine groups is 1. The first-order valence-corrected chi connectivity index (χ1v) is 7.45. The number of hydrogen-bond acceptors (Lipinski definition) is 3. The fourth-order valence-electron chi connectivity index (χ4n) is 2.12. The first kappa shape index (κ1) is 16.7. The van der Waals surface area contributed by atoms with Crippen LogP contribution in [0.2, 0.25) is 0 Å². The van der Waals surface area contributed by atoms with Gasteiger partial charge in [-0.25, -0.2) is 0 Å². The highest BCUT2D eigenvalue weighted by Crippen LogP contribution is 2.12. The average Bonchev–Trinajstić information content (AvgIpc) is 2.62. The summed E-state index contributed by atoms with van der Waals surface area (Å²) in [5.74, 6) is 2.46. The van der Waals surface area contributed by atoms with Gasteiger partial charge in [-0.05, 0) is 35.4 Å². The Morgan fingerprint density at radius 1 is 0.870 bits per heavy atom. The van der Waals surface area contributed by atoms with Crippen LogP contribution in [-0.4, -0.2) is 27.2 Å². The van der Waals surface area contributed by atoms with Crippen LogP contribution in [-0.2, 0) is 13.1 Å². The van der Waals surface area contributed by atoms with Crippen LogP contribution in [0.4, 0.5) is 0 Å². The smallest absolute Gasteiger partial charge is 0.191 e. The normalized spacial score (nSPS) is 11.0. The van der Waals surface area contributed by atoms with Gasteiger partial charge in [0.05, 0.1) is 14.2 Å². The number of nitrogens with one attached hydrogen (secondary N) is 2. The van der Waals surface area contributed by atoms with Gasteiger partial charge >= 0.3 is 0 Å². The third kappa shape index (κ3) is 5.21. The van der Waals surface area contributed by atoms with Crippen LogP contribution in [0.3, 0.4) is 0 Å². The van der Waals surface area contributed by atoms with E-state index >= 15 is 0 Å². The van der Waals surface area contributed by atoms with E-state index in [2.05, 4.69) is 15.6 Å². The van der Waals surface area contributed by atoms with Crippen molar-refractivity contribution in [1.29, 1.82) is 0 Å². The number of benzene rings is 2. The van der Waals surface area contributed by atoms with Crippen LogP contribution in [0, 0.1) is 0 Å². The third-order valence-electron chi connectivity index (χ3n) is 3.44. The van der Waals surface area contributed by atoms with Gasteiger partial charge in [-0.15, -0.1) is 0 Å². The minimum atomic E-state index is 0.680. The molecule has 2 rings (SSSR count). The second-order valence-corrected chi connectivity index (χ2v) is 4.98. The molecular weight excluding hydrogens is 290 g/mol. The van der Waals surface area contributed by atoms with Gasteiger partial charge in [0.25, 0.3) is 0 Å². The van der Waals surface area contributed by atoms with Gasteiger partial charge in [0.2, 0.25) is 0 Å². The molecule has 23 heavy (non-hydrogen) atoms. The van der Waals surface area contributed by atoms with E-state index in [0.717, 1.165) is 28.6 Å². The maximum absolute atomic E-state index is 5.23. The number of nitrogens with zero attached hydrogens (tertiary/aromatic N) is 1. The monoisotopic (exact) mass is 313 g/mol. The highest BCUT2D eigenvalue weighted by Gasteiger charge is 2.01. The molecule has 2 aromatic rings. The van der Waals surface area contributed by atoms with Gasteiger partial charge in [-0.3, -0.25) is 4.99 Å². The van der Waals surface area contributed by atoms with Crippen molar-refractivity contribution in [2.24, 2.45) is 4.99 Å². The Morgan fingerprint density at radius 3 is 2.13 bits per heavy atom. The number of methoxy groups -OCH3 is 2. The number of aliphatic imine (C=N–C) groups is 1. The lowest BCUT2D eigenvalue weighted by atomic mass is 10.2. The number of ether oxygens (including phenoxy) is 2. The van der Waals surface area contributed by atoms with Crippen LogP contribution in [0.5, 0.6) is 11.5 Å². The Balaban J connectivity index is 1.85. The van der Waals surface area contributed by atoms with Gasteiger partial charge in [-0.2, -0.15) is 0 Å². The Labute approximate surface area is 137 Å². The summed E-state index contributed by atoms with van der Waals surface area (Å²) in [5, 5.41) is 6.58. The first-order chi connectivity index (χ1) is 11.2. The Bertz CT molecular complexity index is 639. The molecule has 0 fully saturated rings. The van der Waals surface area contributed by atoms with E-state index in [9.17, 15) is 0 Å². The van der Waals surface area contributed by atoms with Gasteiger partial charge < -0.3 is 20.1 Å². The average molecular weight is 313 g/mol. The molecule has 0 aliphatic carbocycles. The van der Waals surface area contributed by atoms with Crippen molar-refractivity contribution >= 4 is 5.96 Å². The summed E-state index contributed by atoms with van der Waals surface area (Å²) < 4.78 is 10.4. The van der Waals surface area contributed by atoms with Crippen LogP contribution in [0.1, 0.15) is 11.1 Å². The van der Waals surface area contributed by atoms with Crippen molar-refractivity contribution in [3.63, 3.8) is 0 Å². The first-order valence-electron chi connectivity index (χ1n) is 7.45. The Hall–Kier alpha value is -2.69. The zero-order valence-corrected chi connectivity index (χ0v) is 13.8. The predicted octanol–water partition coefficient (Wildman–Crippen LogP) is 2.57. The van der Waals surface area contributed by atoms with E-state index in [1.54, 1.807) is 21.3 Å². The predicted molar refractivity (Wildman–Crippen MR) is 93.0 cm³/mol. The molecule has 122 valence electrons. The van der Waals surface area contributed by atoms with E-state index in [1.807, 2.05) is 48.5 Å². The molecule has 0 atom stereocenters. The topological polar surface area (TPSA) is 54.9 Å². The highest BCUT2D eigenvalue weighted by molar-refractivity contribution is 5.79. The molecule has 0 heterocycles. The van der Waals surface area contributed by atoms with Crippen molar-refractivity contribution in [3.8, 4) is 11.5 Å². The van der Waals surface area contributed by atoms with Gasteiger partial charge in [0, 0.05) is 20.1 Å². The maximum Gasteiger partial charge on any atom is 0.191 e. The molecule has 0 saturated heterocycles. The largest absolute Gasteiger partial charge is 0.497 e. The second kappa shape index (κ2) is 8.68. The van der Waals surface area contributed by atoms with Gasteiger partial charge in [-0.1, -0.05) is 24.3 Å². The van der Waals surface area contributed by atoms with Crippen LogP contribution in [0.25, 0.3) is 0 Å². The van der Waals surface area contributed by atoms with Crippen LogP contribution >= 0.6 is 0 Å². The second-order valence-electron chi connectivity index (χ2n) is 4.98. The van der Waals surface area contributed by atoms with Gasteiger partial charge in [0.1, 0.15) is 11.5 Å². The zero-order chi connectivity index (χ0) is 16.5. The molecule has 0 aliphatic rings. The van der Waals surface area contributed by atoms with E-state index in [-0.39, 0.29) is 0 Å². The van der Waals surface area contributed by atoms with Crippen molar-refractivity contribution < 1.29 is 9.47 Å². The lowest BCUT2D eigenvalue weighted by Gasteiger charge is -2.12. The highest BCUT2D eigenvalue weighted by atomic mass is 16.5. The molecule has 0 bridgehead atoms. The summed E-state index contributed by atoms with van der Waals surface area (Å²) in [4.78, 5) is 4.23. The van der Waals surface area contributed by atoms with Crippen LogP contribution < -0.4 is 20.1 Å². The molecule has 5 nitrogen and oxygen atoms in total. The standard InChI is InChI=1S/C18H23N3O2/c1-19-18(20-12-14-7-9-16(22-2)10-8-14)21-13-15-5-4-6-17(11-15)23-3/h4-11H,12-13H2,1-3H3,(H2,19,20,21). The lowest BCUT2D eigenvalue weighted by Crippen LogP contribution is -2.36. The van der Waals surface area contributed by atoms with Crippen molar-refractivity contribution in [3.05, 3.63) is 59.7 Å². The summed E-state index contributed by atoms with van der Waals surface area (Å²) in [7, 11) is 5.09. The van der Waals surface area contributed by atoms with Gasteiger partial charge in [0.15, 0.2) is 5.96 Å². The lowest BCUT2D eigenvalue weighted by molar-refractivity contribution is 0.414.